The number of hydrogen-bond acceptors (Lipinski definition) is 4. The lowest BCUT2D eigenvalue weighted by atomic mass is 9.88. The SMILES string of the molecule is CNS(=O)(=O)c1ccc(C(=O)N[C@H]2CCCc3ccccc32)o1. The van der Waals surface area contributed by atoms with E-state index in [0.29, 0.717) is 0 Å². The molecule has 122 valence electrons. The number of carbonyl (C=O) groups is 1. The Hall–Kier alpha value is -2.12. The maximum atomic E-state index is 12.3. The number of aryl methyl sites for hydroxylation is 1. The van der Waals surface area contributed by atoms with Gasteiger partial charge in [0.05, 0.1) is 6.04 Å². The van der Waals surface area contributed by atoms with E-state index >= 15 is 0 Å². The summed E-state index contributed by atoms with van der Waals surface area (Å²) < 4.78 is 30.6. The summed E-state index contributed by atoms with van der Waals surface area (Å²) in [6.45, 7) is 0. The van der Waals surface area contributed by atoms with Gasteiger partial charge in [-0.3, -0.25) is 4.79 Å². The third-order valence-corrected chi connectivity index (χ3v) is 5.30. The number of benzene rings is 1. The van der Waals surface area contributed by atoms with Crippen LogP contribution in [0.15, 0.2) is 45.9 Å². The van der Waals surface area contributed by atoms with Gasteiger partial charge in [0.25, 0.3) is 15.9 Å². The third-order valence-electron chi connectivity index (χ3n) is 4.01. The summed E-state index contributed by atoms with van der Waals surface area (Å²) in [4.78, 5) is 12.3. The zero-order valence-corrected chi connectivity index (χ0v) is 13.5. The molecule has 0 aliphatic heterocycles. The van der Waals surface area contributed by atoms with Gasteiger partial charge in [0, 0.05) is 0 Å². The van der Waals surface area contributed by atoms with Crippen molar-refractivity contribution in [2.75, 3.05) is 7.05 Å². The summed E-state index contributed by atoms with van der Waals surface area (Å²) in [5.74, 6) is -0.425. The lowest BCUT2D eigenvalue weighted by molar-refractivity contribution is 0.0899. The molecule has 1 heterocycles. The molecule has 1 aliphatic carbocycles. The molecule has 0 saturated carbocycles. The Bertz CT molecular complexity index is 826. The Labute approximate surface area is 134 Å². The summed E-state index contributed by atoms with van der Waals surface area (Å²) in [5, 5.41) is 2.66. The number of furan rings is 1. The Kier molecular flexibility index (Phi) is 4.23. The van der Waals surface area contributed by atoms with Crippen LogP contribution in [-0.4, -0.2) is 21.4 Å². The molecule has 3 rings (SSSR count). The van der Waals surface area contributed by atoms with Crippen LogP contribution in [0.5, 0.6) is 0 Å². The second kappa shape index (κ2) is 6.17. The monoisotopic (exact) mass is 334 g/mol. The minimum Gasteiger partial charge on any atom is -0.438 e. The fourth-order valence-corrected chi connectivity index (χ4v) is 3.47. The van der Waals surface area contributed by atoms with Crippen molar-refractivity contribution in [1.82, 2.24) is 10.0 Å². The topological polar surface area (TPSA) is 88.4 Å². The first kappa shape index (κ1) is 15.8. The van der Waals surface area contributed by atoms with Crippen molar-refractivity contribution in [1.29, 1.82) is 0 Å². The first-order valence-electron chi connectivity index (χ1n) is 7.43. The van der Waals surface area contributed by atoms with E-state index in [0.717, 1.165) is 24.8 Å². The second-order valence-corrected chi connectivity index (χ2v) is 7.26. The van der Waals surface area contributed by atoms with Crippen molar-refractivity contribution < 1.29 is 17.6 Å². The maximum absolute atomic E-state index is 12.3. The number of fused-ring (bicyclic) bond motifs is 1. The highest BCUT2D eigenvalue weighted by Gasteiger charge is 2.24. The molecule has 1 aromatic heterocycles. The largest absolute Gasteiger partial charge is 0.438 e. The highest BCUT2D eigenvalue weighted by atomic mass is 32.2. The molecule has 0 fully saturated rings. The molecule has 0 unspecified atom stereocenters. The molecule has 0 bridgehead atoms. The van der Waals surface area contributed by atoms with Crippen LogP contribution in [0, 0.1) is 0 Å². The Morgan fingerprint density at radius 2 is 2.00 bits per heavy atom. The van der Waals surface area contributed by atoms with Crippen molar-refractivity contribution in [3.05, 3.63) is 53.3 Å². The standard InChI is InChI=1S/C16H18N2O4S/c1-17-23(20,21)15-10-9-14(22-15)16(19)18-13-8-4-6-11-5-2-3-7-12(11)13/h2-3,5,7,9-10,13,17H,4,6,8H2,1H3,(H,18,19)/t13-/m0/s1. The van der Waals surface area contributed by atoms with E-state index in [-0.39, 0.29) is 16.9 Å². The number of amides is 1. The van der Waals surface area contributed by atoms with Gasteiger partial charge in [-0.15, -0.1) is 0 Å². The summed E-state index contributed by atoms with van der Waals surface area (Å²) in [5.41, 5.74) is 2.35. The molecular weight excluding hydrogens is 316 g/mol. The average Bonchev–Trinajstić information content (AvgIpc) is 3.06. The van der Waals surface area contributed by atoms with Crippen molar-refractivity contribution in [2.45, 2.75) is 30.4 Å². The van der Waals surface area contributed by atoms with Crippen molar-refractivity contribution in [3.8, 4) is 0 Å². The van der Waals surface area contributed by atoms with E-state index < -0.39 is 15.9 Å². The summed E-state index contributed by atoms with van der Waals surface area (Å²) in [6.07, 6.45) is 2.86. The third kappa shape index (κ3) is 3.16. The molecule has 1 amide bonds. The highest BCUT2D eigenvalue weighted by molar-refractivity contribution is 7.89. The Balaban J connectivity index is 1.79. The minimum absolute atomic E-state index is 0.0121. The van der Waals surface area contributed by atoms with Crippen LogP contribution in [-0.2, 0) is 16.4 Å². The van der Waals surface area contributed by atoms with Gasteiger partial charge >= 0.3 is 0 Å². The Morgan fingerprint density at radius 3 is 2.78 bits per heavy atom. The van der Waals surface area contributed by atoms with Gasteiger partial charge in [-0.2, -0.15) is 0 Å². The fourth-order valence-electron chi connectivity index (χ4n) is 2.82. The van der Waals surface area contributed by atoms with Gasteiger partial charge in [0.1, 0.15) is 0 Å². The van der Waals surface area contributed by atoms with Gasteiger partial charge in [0.2, 0.25) is 5.09 Å². The molecule has 0 spiro atoms. The zero-order valence-electron chi connectivity index (χ0n) is 12.7. The summed E-state index contributed by atoms with van der Waals surface area (Å²) in [7, 11) is -2.40. The zero-order chi connectivity index (χ0) is 16.4. The van der Waals surface area contributed by atoms with Crippen LogP contribution < -0.4 is 10.0 Å². The van der Waals surface area contributed by atoms with Crippen molar-refractivity contribution in [3.63, 3.8) is 0 Å². The van der Waals surface area contributed by atoms with Crippen molar-refractivity contribution >= 4 is 15.9 Å². The lowest BCUT2D eigenvalue weighted by Crippen LogP contribution is -2.30. The maximum Gasteiger partial charge on any atom is 0.287 e. The number of nitrogens with one attached hydrogen (secondary N) is 2. The Morgan fingerprint density at radius 1 is 1.22 bits per heavy atom. The lowest BCUT2D eigenvalue weighted by Gasteiger charge is -2.25. The van der Waals surface area contributed by atoms with Gasteiger partial charge in [-0.25, -0.2) is 13.1 Å². The molecule has 1 aromatic carbocycles. The van der Waals surface area contributed by atoms with Crippen LogP contribution in [0.3, 0.4) is 0 Å². The molecule has 23 heavy (non-hydrogen) atoms. The molecule has 2 aromatic rings. The van der Waals surface area contributed by atoms with E-state index in [1.807, 2.05) is 18.2 Å². The molecule has 2 N–H and O–H groups in total. The van der Waals surface area contributed by atoms with E-state index in [1.165, 1.54) is 24.7 Å². The predicted molar refractivity (Wildman–Crippen MR) is 84.5 cm³/mol. The van der Waals surface area contributed by atoms with Crippen LogP contribution >= 0.6 is 0 Å². The molecule has 7 heteroatoms. The molecule has 0 saturated heterocycles. The number of carbonyl (C=O) groups excluding carboxylic acids is 1. The minimum atomic E-state index is -3.69. The van der Waals surface area contributed by atoms with Gasteiger partial charge in [-0.1, -0.05) is 24.3 Å². The normalized spacial score (nSPS) is 17.5. The fraction of sp³-hybridized carbons (Fsp3) is 0.312. The van der Waals surface area contributed by atoms with Gasteiger partial charge in [-0.05, 0) is 49.6 Å². The second-order valence-electron chi connectivity index (χ2n) is 5.44. The molecule has 6 nitrogen and oxygen atoms in total. The van der Waals surface area contributed by atoms with Gasteiger partial charge < -0.3 is 9.73 Å². The van der Waals surface area contributed by atoms with E-state index in [2.05, 4.69) is 16.1 Å². The molecule has 0 radical (unpaired) electrons. The smallest absolute Gasteiger partial charge is 0.287 e. The first-order chi connectivity index (χ1) is 11.0. The number of sulfonamides is 1. The van der Waals surface area contributed by atoms with Crippen LogP contribution in [0.2, 0.25) is 0 Å². The quantitative estimate of drug-likeness (QED) is 0.895. The first-order valence-corrected chi connectivity index (χ1v) is 8.91. The summed E-state index contributed by atoms with van der Waals surface area (Å²) >= 11 is 0. The highest BCUT2D eigenvalue weighted by Crippen LogP contribution is 2.29. The molecule has 1 atom stereocenters. The molecular formula is C16H18N2O4S. The van der Waals surface area contributed by atoms with E-state index in [4.69, 9.17) is 4.42 Å². The van der Waals surface area contributed by atoms with Crippen LogP contribution in [0.25, 0.3) is 0 Å². The van der Waals surface area contributed by atoms with E-state index in [9.17, 15) is 13.2 Å². The van der Waals surface area contributed by atoms with Crippen molar-refractivity contribution in [2.24, 2.45) is 0 Å². The van der Waals surface area contributed by atoms with Crippen LogP contribution in [0.1, 0.15) is 40.6 Å². The average molecular weight is 334 g/mol. The number of rotatable bonds is 4. The molecule has 1 aliphatic rings. The summed E-state index contributed by atoms with van der Waals surface area (Å²) in [6, 6.07) is 10.6. The predicted octanol–water partition coefficient (Wildman–Crippen LogP) is 2.00. The number of hydrogen-bond donors (Lipinski definition) is 2. The van der Waals surface area contributed by atoms with Gasteiger partial charge in [0.15, 0.2) is 5.76 Å². The van der Waals surface area contributed by atoms with Crippen LogP contribution in [0.4, 0.5) is 0 Å². The van der Waals surface area contributed by atoms with E-state index in [1.54, 1.807) is 0 Å².